The molecular weight excluding hydrogens is 354 g/mol. The molecule has 1 N–H and O–H groups in total. The summed E-state index contributed by atoms with van der Waals surface area (Å²) in [5.74, 6) is -0.371. The Morgan fingerprint density at radius 1 is 1.15 bits per heavy atom. The van der Waals surface area contributed by atoms with Crippen LogP contribution in [0.25, 0.3) is 0 Å². The Balaban J connectivity index is 1.72. The van der Waals surface area contributed by atoms with Gasteiger partial charge in [0.2, 0.25) is 5.91 Å². The van der Waals surface area contributed by atoms with Gasteiger partial charge in [-0.15, -0.1) is 0 Å². The fraction of sp³-hybridized carbons (Fsp3) is 0.350. The summed E-state index contributed by atoms with van der Waals surface area (Å²) in [6.07, 6.45) is 1.84. The molecule has 0 radical (unpaired) electrons. The lowest BCUT2D eigenvalue weighted by atomic mass is 10.0. The fourth-order valence-electron chi connectivity index (χ4n) is 3.47. The zero-order valence-electron chi connectivity index (χ0n) is 15.3. The third-order valence-corrected chi connectivity index (χ3v) is 4.66. The summed E-state index contributed by atoms with van der Waals surface area (Å²) in [7, 11) is 3.19. The minimum Gasteiger partial charge on any atom is -0.497 e. The van der Waals surface area contributed by atoms with E-state index in [4.69, 9.17) is 9.47 Å². The molecule has 1 saturated heterocycles. The molecule has 3 rings (SSSR count). The van der Waals surface area contributed by atoms with Gasteiger partial charge in [0.05, 0.1) is 20.8 Å². The van der Waals surface area contributed by atoms with E-state index in [2.05, 4.69) is 5.32 Å². The van der Waals surface area contributed by atoms with Crippen LogP contribution in [-0.4, -0.2) is 38.1 Å². The van der Waals surface area contributed by atoms with E-state index >= 15 is 0 Å². The van der Waals surface area contributed by atoms with Crippen LogP contribution in [0.5, 0.6) is 11.5 Å². The lowest BCUT2D eigenvalue weighted by Gasteiger charge is -2.25. The number of hydrogen-bond donors (Lipinski definition) is 1. The summed E-state index contributed by atoms with van der Waals surface area (Å²) >= 11 is 0. The fourth-order valence-corrected chi connectivity index (χ4v) is 3.47. The SMILES string of the molecule is COc1ccc([C@H]2CCCN2CC(=O)Nc2cc(F)cc(F)c2)c(OC)c1. The van der Waals surface area contributed by atoms with Crippen LogP contribution in [0.15, 0.2) is 36.4 Å². The zero-order valence-corrected chi connectivity index (χ0v) is 15.3. The van der Waals surface area contributed by atoms with E-state index in [1.165, 1.54) is 0 Å². The van der Waals surface area contributed by atoms with Crippen molar-refractivity contribution in [1.82, 2.24) is 4.90 Å². The summed E-state index contributed by atoms with van der Waals surface area (Å²) in [6.45, 7) is 0.878. The Morgan fingerprint density at radius 2 is 1.89 bits per heavy atom. The molecule has 0 aromatic heterocycles. The van der Waals surface area contributed by atoms with Crippen LogP contribution >= 0.6 is 0 Å². The average molecular weight is 376 g/mol. The molecule has 27 heavy (non-hydrogen) atoms. The molecule has 1 aliphatic heterocycles. The minimum atomic E-state index is -0.729. The molecule has 0 bridgehead atoms. The molecule has 7 heteroatoms. The van der Waals surface area contributed by atoms with Gasteiger partial charge < -0.3 is 14.8 Å². The Kier molecular flexibility index (Phi) is 5.91. The topological polar surface area (TPSA) is 50.8 Å². The molecule has 0 spiro atoms. The van der Waals surface area contributed by atoms with Crippen LogP contribution in [-0.2, 0) is 4.79 Å². The van der Waals surface area contributed by atoms with Crippen molar-refractivity contribution in [2.75, 3.05) is 32.6 Å². The quantitative estimate of drug-likeness (QED) is 0.834. The van der Waals surface area contributed by atoms with Crippen molar-refractivity contribution in [3.05, 3.63) is 53.6 Å². The molecule has 0 aliphatic carbocycles. The third-order valence-electron chi connectivity index (χ3n) is 4.66. The number of nitrogens with one attached hydrogen (secondary N) is 1. The largest absolute Gasteiger partial charge is 0.497 e. The molecule has 1 fully saturated rings. The van der Waals surface area contributed by atoms with Gasteiger partial charge >= 0.3 is 0 Å². The number of methoxy groups -OCH3 is 2. The van der Waals surface area contributed by atoms with Crippen molar-refractivity contribution in [2.24, 2.45) is 0 Å². The van der Waals surface area contributed by atoms with E-state index in [0.29, 0.717) is 11.5 Å². The van der Waals surface area contributed by atoms with Crippen LogP contribution in [0.4, 0.5) is 14.5 Å². The summed E-state index contributed by atoms with van der Waals surface area (Å²) in [6, 6.07) is 8.61. The van der Waals surface area contributed by atoms with E-state index in [1.54, 1.807) is 14.2 Å². The minimum absolute atomic E-state index is 0.0286. The molecule has 144 valence electrons. The highest BCUT2D eigenvalue weighted by molar-refractivity contribution is 5.92. The molecule has 0 saturated carbocycles. The van der Waals surface area contributed by atoms with Crippen molar-refractivity contribution >= 4 is 11.6 Å². The highest BCUT2D eigenvalue weighted by atomic mass is 19.1. The first-order chi connectivity index (χ1) is 13.0. The highest BCUT2D eigenvalue weighted by Crippen LogP contribution is 2.38. The number of hydrogen-bond acceptors (Lipinski definition) is 4. The number of amides is 1. The first-order valence-electron chi connectivity index (χ1n) is 8.72. The Bertz CT molecular complexity index is 809. The highest BCUT2D eigenvalue weighted by Gasteiger charge is 2.30. The van der Waals surface area contributed by atoms with E-state index in [9.17, 15) is 13.6 Å². The molecular formula is C20H22F2N2O3. The molecule has 0 unspecified atom stereocenters. The number of rotatable bonds is 6. The number of halogens is 2. The molecule has 2 aromatic carbocycles. The van der Waals surface area contributed by atoms with Crippen LogP contribution in [0, 0.1) is 11.6 Å². The number of anilines is 1. The lowest BCUT2D eigenvalue weighted by molar-refractivity contribution is -0.117. The Morgan fingerprint density at radius 3 is 2.56 bits per heavy atom. The van der Waals surface area contributed by atoms with Gasteiger partial charge in [-0.2, -0.15) is 0 Å². The second-order valence-corrected chi connectivity index (χ2v) is 6.44. The van der Waals surface area contributed by atoms with E-state index in [-0.39, 0.29) is 24.2 Å². The predicted octanol–water partition coefficient (Wildman–Crippen LogP) is 3.76. The maximum absolute atomic E-state index is 13.3. The molecule has 1 aliphatic rings. The standard InChI is InChI=1S/C20H22F2N2O3/c1-26-16-5-6-17(19(11-16)27-2)18-4-3-7-24(18)12-20(25)23-15-9-13(21)8-14(22)10-15/h5-6,8-11,18H,3-4,7,12H2,1-2H3,(H,23,25)/t18-/m1/s1. The third kappa shape index (κ3) is 4.54. The van der Waals surface area contributed by atoms with E-state index in [0.717, 1.165) is 43.1 Å². The lowest BCUT2D eigenvalue weighted by Crippen LogP contribution is -2.33. The Hall–Kier alpha value is -2.67. The Labute approximate surface area is 156 Å². The number of likely N-dealkylation sites (tertiary alicyclic amines) is 1. The van der Waals surface area contributed by atoms with E-state index in [1.807, 2.05) is 23.1 Å². The van der Waals surface area contributed by atoms with Gasteiger partial charge in [-0.1, -0.05) is 6.07 Å². The maximum atomic E-state index is 13.3. The van der Waals surface area contributed by atoms with Gasteiger partial charge in [0.15, 0.2) is 0 Å². The van der Waals surface area contributed by atoms with Crippen LogP contribution in [0.3, 0.4) is 0 Å². The second-order valence-electron chi connectivity index (χ2n) is 6.44. The summed E-state index contributed by atoms with van der Waals surface area (Å²) in [5, 5.41) is 2.56. The number of carbonyl (C=O) groups is 1. The number of benzene rings is 2. The normalized spacial score (nSPS) is 17.0. The molecule has 2 aromatic rings. The average Bonchev–Trinajstić information content (AvgIpc) is 3.07. The van der Waals surface area contributed by atoms with Crippen molar-refractivity contribution < 1.29 is 23.0 Å². The van der Waals surface area contributed by atoms with Crippen molar-refractivity contribution in [2.45, 2.75) is 18.9 Å². The van der Waals surface area contributed by atoms with Crippen molar-refractivity contribution in [3.63, 3.8) is 0 Å². The van der Waals surface area contributed by atoms with Gasteiger partial charge in [-0.3, -0.25) is 9.69 Å². The smallest absolute Gasteiger partial charge is 0.238 e. The monoisotopic (exact) mass is 376 g/mol. The van der Waals surface area contributed by atoms with Crippen LogP contribution in [0.2, 0.25) is 0 Å². The number of ether oxygens (including phenoxy) is 2. The molecule has 5 nitrogen and oxygen atoms in total. The van der Waals surface area contributed by atoms with Crippen LogP contribution in [0.1, 0.15) is 24.4 Å². The van der Waals surface area contributed by atoms with Crippen molar-refractivity contribution in [3.8, 4) is 11.5 Å². The van der Waals surface area contributed by atoms with E-state index < -0.39 is 11.6 Å². The summed E-state index contributed by atoms with van der Waals surface area (Å²) < 4.78 is 37.3. The van der Waals surface area contributed by atoms with Crippen LogP contribution < -0.4 is 14.8 Å². The number of nitrogens with zero attached hydrogens (tertiary/aromatic N) is 1. The molecule has 1 amide bonds. The first kappa shape index (κ1) is 19.1. The molecule has 1 heterocycles. The van der Waals surface area contributed by atoms with Gasteiger partial charge in [-0.25, -0.2) is 8.78 Å². The van der Waals surface area contributed by atoms with Gasteiger partial charge in [0.25, 0.3) is 0 Å². The number of carbonyl (C=O) groups excluding carboxylic acids is 1. The van der Waals surface area contributed by atoms with Gasteiger partial charge in [0.1, 0.15) is 23.1 Å². The molecule has 1 atom stereocenters. The first-order valence-corrected chi connectivity index (χ1v) is 8.72. The summed E-state index contributed by atoms with van der Waals surface area (Å²) in [5.41, 5.74) is 1.09. The maximum Gasteiger partial charge on any atom is 0.238 e. The second kappa shape index (κ2) is 8.35. The van der Waals surface area contributed by atoms with Gasteiger partial charge in [0, 0.05) is 29.4 Å². The van der Waals surface area contributed by atoms with Gasteiger partial charge in [-0.05, 0) is 37.6 Å². The predicted molar refractivity (Wildman–Crippen MR) is 98.1 cm³/mol. The zero-order chi connectivity index (χ0) is 19.4. The summed E-state index contributed by atoms with van der Waals surface area (Å²) in [4.78, 5) is 14.4. The van der Waals surface area contributed by atoms with Crippen molar-refractivity contribution in [1.29, 1.82) is 0 Å².